The third kappa shape index (κ3) is 3.76. The Morgan fingerprint density at radius 1 is 1.00 bits per heavy atom. The molecule has 0 amide bonds. The molecule has 8 nitrogen and oxygen atoms in total. The second-order valence-electron chi connectivity index (χ2n) is 6.98. The maximum absolute atomic E-state index is 10.6. The van der Waals surface area contributed by atoms with Crippen molar-refractivity contribution in [3.05, 3.63) is 35.9 Å². The van der Waals surface area contributed by atoms with Crippen LogP contribution in [0.15, 0.2) is 30.3 Å². The topological polar surface area (TPSA) is 95.8 Å². The molecule has 0 bridgehead atoms. The van der Waals surface area contributed by atoms with E-state index in [1.807, 2.05) is 30.3 Å². The summed E-state index contributed by atoms with van der Waals surface area (Å²) in [6.07, 6.45) is -4.47. The summed E-state index contributed by atoms with van der Waals surface area (Å²) in [5.74, 6) is -2.53. The number of hydrogen-bond acceptors (Lipinski definition) is 8. The van der Waals surface area contributed by atoms with Gasteiger partial charge in [-0.15, -0.1) is 0 Å². The summed E-state index contributed by atoms with van der Waals surface area (Å²) in [5.41, 5.74) is 0.956. The van der Waals surface area contributed by atoms with Gasteiger partial charge in [-0.1, -0.05) is 30.3 Å². The third-order valence-corrected chi connectivity index (χ3v) is 5.38. The van der Waals surface area contributed by atoms with Crippen LogP contribution in [-0.2, 0) is 35.0 Å². The highest BCUT2D eigenvalue weighted by molar-refractivity contribution is 5.13. The molecule has 0 spiro atoms. The Labute approximate surface area is 158 Å². The van der Waals surface area contributed by atoms with E-state index in [9.17, 15) is 10.2 Å². The molecule has 7 atom stereocenters. The lowest BCUT2D eigenvalue weighted by atomic mass is 9.94. The molecule has 0 aromatic heterocycles. The SMILES string of the molecule is CO[C@@]1(C)O[C@H]2[C@H](O)[C@@H](CO)O[C@H](OCc3ccccc3)[C@H]2O[C@@]1(C)OC. The molecule has 152 valence electrons. The smallest absolute Gasteiger partial charge is 0.220 e. The van der Waals surface area contributed by atoms with Crippen LogP contribution in [0.4, 0.5) is 0 Å². The minimum Gasteiger partial charge on any atom is -0.394 e. The molecule has 27 heavy (non-hydrogen) atoms. The fraction of sp³-hybridized carbons (Fsp3) is 0.684. The van der Waals surface area contributed by atoms with Crippen molar-refractivity contribution in [1.29, 1.82) is 0 Å². The van der Waals surface area contributed by atoms with Crippen molar-refractivity contribution in [3.8, 4) is 0 Å². The fourth-order valence-electron chi connectivity index (χ4n) is 3.39. The minimum absolute atomic E-state index is 0.275. The lowest BCUT2D eigenvalue weighted by Crippen LogP contribution is -2.73. The molecule has 2 fully saturated rings. The number of aliphatic hydroxyl groups excluding tert-OH is 2. The average Bonchev–Trinajstić information content (AvgIpc) is 2.70. The molecular weight excluding hydrogens is 356 g/mol. The number of ether oxygens (including phenoxy) is 6. The van der Waals surface area contributed by atoms with Crippen LogP contribution in [0.1, 0.15) is 19.4 Å². The summed E-state index contributed by atoms with van der Waals surface area (Å²) in [5, 5.41) is 20.2. The first kappa shape index (κ1) is 20.6. The summed E-state index contributed by atoms with van der Waals surface area (Å²) < 4.78 is 34.9. The molecule has 1 aromatic rings. The zero-order chi connectivity index (χ0) is 19.7. The summed E-state index contributed by atoms with van der Waals surface area (Å²) in [6, 6.07) is 9.60. The van der Waals surface area contributed by atoms with Crippen molar-refractivity contribution >= 4 is 0 Å². The summed E-state index contributed by atoms with van der Waals surface area (Å²) in [4.78, 5) is 0. The molecule has 0 saturated carbocycles. The molecule has 2 heterocycles. The van der Waals surface area contributed by atoms with Crippen LogP contribution in [0.2, 0.25) is 0 Å². The molecular formula is C19H28O8. The largest absolute Gasteiger partial charge is 0.394 e. The second kappa shape index (κ2) is 8.10. The van der Waals surface area contributed by atoms with Gasteiger partial charge in [0.25, 0.3) is 0 Å². The monoisotopic (exact) mass is 384 g/mol. The number of fused-ring (bicyclic) bond motifs is 1. The normalized spacial score (nSPS) is 41.9. The van der Waals surface area contributed by atoms with Gasteiger partial charge in [-0.25, -0.2) is 0 Å². The highest BCUT2D eigenvalue weighted by Gasteiger charge is 2.62. The van der Waals surface area contributed by atoms with E-state index in [4.69, 9.17) is 28.4 Å². The van der Waals surface area contributed by atoms with Crippen LogP contribution in [0.3, 0.4) is 0 Å². The quantitative estimate of drug-likeness (QED) is 0.743. The van der Waals surface area contributed by atoms with Gasteiger partial charge in [0.1, 0.15) is 24.4 Å². The van der Waals surface area contributed by atoms with Gasteiger partial charge in [0, 0.05) is 14.2 Å². The minimum atomic E-state index is -1.27. The van der Waals surface area contributed by atoms with Gasteiger partial charge in [-0.2, -0.15) is 0 Å². The van der Waals surface area contributed by atoms with E-state index in [-0.39, 0.29) is 13.2 Å². The molecule has 0 radical (unpaired) electrons. The van der Waals surface area contributed by atoms with Crippen molar-refractivity contribution in [1.82, 2.24) is 0 Å². The van der Waals surface area contributed by atoms with Gasteiger partial charge in [-0.3, -0.25) is 0 Å². The Hall–Kier alpha value is -1.10. The van der Waals surface area contributed by atoms with Gasteiger partial charge in [-0.05, 0) is 19.4 Å². The first-order valence-electron chi connectivity index (χ1n) is 8.93. The van der Waals surface area contributed by atoms with Gasteiger partial charge >= 0.3 is 0 Å². The van der Waals surface area contributed by atoms with E-state index in [0.717, 1.165) is 5.56 Å². The molecule has 0 aliphatic carbocycles. The van der Waals surface area contributed by atoms with Crippen LogP contribution in [-0.4, -0.2) is 73.3 Å². The van der Waals surface area contributed by atoms with E-state index in [2.05, 4.69) is 0 Å². The maximum atomic E-state index is 10.6. The number of rotatable bonds is 6. The Bertz CT molecular complexity index is 613. The van der Waals surface area contributed by atoms with Crippen LogP contribution in [0.5, 0.6) is 0 Å². The lowest BCUT2D eigenvalue weighted by Gasteiger charge is -2.56. The van der Waals surface area contributed by atoms with Crippen LogP contribution < -0.4 is 0 Å². The predicted octanol–water partition coefficient (Wildman–Crippen LogP) is 0.790. The van der Waals surface area contributed by atoms with Crippen molar-refractivity contribution in [2.75, 3.05) is 20.8 Å². The molecule has 1 aromatic carbocycles. The van der Waals surface area contributed by atoms with Crippen LogP contribution >= 0.6 is 0 Å². The van der Waals surface area contributed by atoms with Crippen LogP contribution in [0.25, 0.3) is 0 Å². The highest BCUT2D eigenvalue weighted by Crippen LogP contribution is 2.43. The Morgan fingerprint density at radius 3 is 2.15 bits per heavy atom. The number of benzene rings is 1. The van der Waals surface area contributed by atoms with Crippen molar-refractivity contribution in [3.63, 3.8) is 0 Å². The van der Waals surface area contributed by atoms with Crippen molar-refractivity contribution < 1.29 is 38.6 Å². The zero-order valence-corrected chi connectivity index (χ0v) is 16.0. The Morgan fingerprint density at radius 2 is 1.59 bits per heavy atom. The molecule has 2 aliphatic rings. The zero-order valence-electron chi connectivity index (χ0n) is 16.0. The first-order valence-corrected chi connectivity index (χ1v) is 8.93. The maximum Gasteiger partial charge on any atom is 0.220 e. The average molecular weight is 384 g/mol. The number of methoxy groups -OCH3 is 2. The summed E-state index contributed by atoms with van der Waals surface area (Å²) >= 11 is 0. The highest BCUT2D eigenvalue weighted by atomic mass is 16.8. The molecule has 2 aliphatic heterocycles. The molecule has 2 saturated heterocycles. The van der Waals surface area contributed by atoms with Gasteiger partial charge in [0.05, 0.1) is 13.2 Å². The molecule has 0 unspecified atom stereocenters. The molecule has 2 N–H and O–H groups in total. The summed E-state index contributed by atoms with van der Waals surface area (Å²) in [7, 11) is 2.96. The van der Waals surface area contributed by atoms with E-state index in [1.54, 1.807) is 13.8 Å². The molecule has 3 rings (SSSR count). The van der Waals surface area contributed by atoms with Crippen molar-refractivity contribution in [2.24, 2.45) is 0 Å². The summed E-state index contributed by atoms with van der Waals surface area (Å²) in [6.45, 7) is 3.25. The number of aliphatic hydroxyl groups is 2. The fourth-order valence-corrected chi connectivity index (χ4v) is 3.39. The van der Waals surface area contributed by atoms with Crippen molar-refractivity contribution in [2.45, 2.75) is 62.7 Å². The molecule has 8 heteroatoms. The Balaban J connectivity index is 1.83. The van der Waals surface area contributed by atoms with Gasteiger partial charge < -0.3 is 38.6 Å². The standard InChI is InChI=1S/C19H28O8/c1-18(22-3)19(2,23-4)27-16-15(26-18)14(21)13(10-20)25-17(16)24-11-12-8-6-5-7-9-12/h5-9,13-17,20-21H,10-11H2,1-4H3/t13-,14-,15+,16+,17+,18+,19-/m1/s1. The van der Waals surface area contributed by atoms with Gasteiger partial charge in [0.2, 0.25) is 11.6 Å². The Kier molecular flexibility index (Phi) is 6.19. The van der Waals surface area contributed by atoms with E-state index in [1.165, 1.54) is 14.2 Å². The van der Waals surface area contributed by atoms with E-state index >= 15 is 0 Å². The van der Waals surface area contributed by atoms with Gasteiger partial charge in [0.15, 0.2) is 6.29 Å². The lowest BCUT2D eigenvalue weighted by molar-refractivity contribution is -0.484. The van der Waals surface area contributed by atoms with E-state index < -0.39 is 42.3 Å². The third-order valence-electron chi connectivity index (χ3n) is 5.38. The number of hydrogen-bond donors (Lipinski definition) is 2. The second-order valence-corrected chi connectivity index (χ2v) is 6.98. The predicted molar refractivity (Wildman–Crippen MR) is 93.6 cm³/mol. The van der Waals surface area contributed by atoms with E-state index in [0.29, 0.717) is 0 Å². The van der Waals surface area contributed by atoms with Crippen LogP contribution in [0, 0.1) is 0 Å². The first-order chi connectivity index (χ1) is 12.9.